The Morgan fingerprint density at radius 3 is 3.00 bits per heavy atom. The lowest BCUT2D eigenvalue weighted by atomic mass is 10.1. The third-order valence-electron chi connectivity index (χ3n) is 3.61. The van der Waals surface area contributed by atoms with Crippen LogP contribution in [-0.2, 0) is 0 Å². The smallest absolute Gasteiger partial charge is 0.247 e. The first-order chi connectivity index (χ1) is 11.8. The molecular formula is C17H16N4OS2. The Hall–Kier alpha value is -2.12. The molecule has 122 valence electrons. The normalized spacial score (nSPS) is 15.6. The van der Waals surface area contributed by atoms with Crippen LogP contribution in [0.2, 0.25) is 0 Å². The van der Waals surface area contributed by atoms with Gasteiger partial charge in [0.2, 0.25) is 11.0 Å². The molecule has 5 nitrogen and oxygen atoms in total. The van der Waals surface area contributed by atoms with Crippen LogP contribution in [-0.4, -0.2) is 20.9 Å². The maximum Gasteiger partial charge on any atom is 0.247 e. The molecule has 4 rings (SSSR count). The molecule has 0 spiro atoms. The van der Waals surface area contributed by atoms with E-state index in [1.165, 1.54) is 0 Å². The van der Waals surface area contributed by atoms with E-state index in [9.17, 15) is 0 Å². The molecule has 0 saturated heterocycles. The first-order valence-corrected chi connectivity index (χ1v) is 9.70. The van der Waals surface area contributed by atoms with Crippen LogP contribution in [0.4, 0.5) is 5.69 Å². The maximum absolute atomic E-state index is 6.17. The van der Waals surface area contributed by atoms with Crippen molar-refractivity contribution in [1.29, 1.82) is 0 Å². The topological polar surface area (TPSA) is 59.9 Å². The number of benzene rings is 1. The summed E-state index contributed by atoms with van der Waals surface area (Å²) in [6.07, 6.45) is 0.771. The molecule has 1 N–H and O–H groups in total. The molecule has 1 aliphatic rings. The second kappa shape index (κ2) is 6.78. The molecule has 24 heavy (non-hydrogen) atoms. The Kier molecular flexibility index (Phi) is 4.36. The lowest BCUT2D eigenvalue weighted by molar-refractivity contribution is 0.225. The molecule has 1 aliphatic heterocycles. The number of hydrogen-bond acceptors (Lipinski definition) is 7. The average molecular weight is 356 g/mol. The van der Waals surface area contributed by atoms with Crippen LogP contribution in [0.5, 0.6) is 5.88 Å². The molecule has 0 bridgehead atoms. The highest BCUT2D eigenvalue weighted by Crippen LogP contribution is 2.39. The number of nitrogens with one attached hydrogen (secondary N) is 1. The van der Waals surface area contributed by atoms with Crippen LogP contribution in [0.1, 0.15) is 25.1 Å². The summed E-state index contributed by atoms with van der Waals surface area (Å²) < 4.78 is 6.17. The van der Waals surface area contributed by atoms with E-state index in [1.807, 2.05) is 29.6 Å². The number of fused-ring (bicyclic) bond motifs is 3. The predicted molar refractivity (Wildman–Crippen MR) is 97.6 cm³/mol. The van der Waals surface area contributed by atoms with Gasteiger partial charge >= 0.3 is 0 Å². The fourth-order valence-corrected chi connectivity index (χ4v) is 3.78. The van der Waals surface area contributed by atoms with Crippen LogP contribution >= 0.6 is 23.1 Å². The van der Waals surface area contributed by atoms with Gasteiger partial charge in [-0.15, -0.1) is 10.2 Å². The highest BCUT2D eigenvalue weighted by atomic mass is 32.2. The van der Waals surface area contributed by atoms with Crippen molar-refractivity contribution < 1.29 is 4.74 Å². The van der Waals surface area contributed by atoms with Crippen LogP contribution in [0, 0.1) is 0 Å². The molecule has 0 saturated carbocycles. The number of thiophene rings is 1. The van der Waals surface area contributed by atoms with Gasteiger partial charge in [0.05, 0.1) is 0 Å². The molecule has 0 amide bonds. The van der Waals surface area contributed by atoms with Crippen molar-refractivity contribution >= 4 is 28.8 Å². The van der Waals surface area contributed by atoms with Crippen LogP contribution in [0.3, 0.4) is 0 Å². The third-order valence-corrected chi connectivity index (χ3v) is 5.36. The lowest BCUT2D eigenvalue weighted by Crippen LogP contribution is -2.16. The molecule has 7 heteroatoms. The summed E-state index contributed by atoms with van der Waals surface area (Å²) in [5, 5.41) is 16.9. The van der Waals surface area contributed by atoms with E-state index in [2.05, 4.69) is 38.9 Å². The fraction of sp³-hybridized carbons (Fsp3) is 0.235. The van der Waals surface area contributed by atoms with Gasteiger partial charge in [-0.2, -0.15) is 16.3 Å². The summed E-state index contributed by atoms with van der Waals surface area (Å²) in [6, 6.07) is 10.1. The number of anilines is 1. The minimum Gasteiger partial charge on any atom is -0.448 e. The largest absolute Gasteiger partial charge is 0.448 e. The summed E-state index contributed by atoms with van der Waals surface area (Å²) in [6.45, 7) is 2.13. The fourth-order valence-electron chi connectivity index (χ4n) is 2.48. The van der Waals surface area contributed by atoms with E-state index in [1.54, 1.807) is 23.1 Å². The Labute approximate surface area is 148 Å². The summed E-state index contributed by atoms with van der Waals surface area (Å²) in [4.78, 5) is 4.60. The molecule has 1 unspecified atom stereocenters. The van der Waals surface area contributed by atoms with Crippen molar-refractivity contribution in [2.24, 2.45) is 0 Å². The van der Waals surface area contributed by atoms with Gasteiger partial charge in [0.25, 0.3) is 0 Å². The van der Waals surface area contributed by atoms with Gasteiger partial charge in [0, 0.05) is 22.6 Å². The Bertz CT molecular complexity index is 838. The van der Waals surface area contributed by atoms with E-state index < -0.39 is 0 Å². The van der Waals surface area contributed by atoms with Gasteiger partial charge < -0.3 is 10.1 Å². The number of aromatic nitrogens is 3. The van der Waals surface area contributed by atoms with Crippen molar-refractivity contribution in [1.82, 2.24) is 15.2 Å². The van der Waals surface area contributed by atoms with Gasteiger partial charge in [-0.05, 0) is 29.3 Å². The number of thioether (sulfide) groups is 1. The first kappa shape index (κ1) is 15.4. The summed E-state index contributed by atoms with van der Waals surface area (Å²) >= 11 is 3.24. The van der Waals surface area contributed by atoms with E-state index in [0.717, 1.165) is 29.0 Å². The average Bonchev–Trinajstić information content (AvgIpc) is 3.09. The predicted octanol–water partition coefficient (Wildman–Crippen LogP) is 4.61. The maximum atomic E-state index is 6.17. The van der Waals surface area contributed by atoms with Gasteiger partial charge in [0.1, 0.15) is 0 Å². The molecule has 0 radical (unpaired) electrons. The minimum absolute atomic E-state index is 0.292. The second-order valence-electron chi connectivity index (χ2n) is 5.34. The molecule has 0 aliphatic carbocycles. The highest BCUT2D eigenvalue weighted by molar-refractivity contribution is 7.99. The number of hydrogen-bond donors (Lipinski definition) is 1. The lowest BCUT2D eigenvalue weighted by Gasteiger charge is -2.17. The summed E-state index contributed by atoms with van der Waals surface area (Å²) in [5.41, 5.74) is 3.68. The van der Waals surface area contributed by atoms with E-state index in [0.29, 0.717) is 16.7 Å². The minimum atomic E-state index is -0.292. The Balaban J connectivity index is 1.79. The molecule has 1 aromatic carbocycles. The molecule has 3 aromatic rings. The zero-order chi connectivity index (χ0) is 16.4. The number of para-hydroxylation sites is 1. The van der Waals surface area contributed by atoms with Crippen LogP contribution in [0.15, 0.2) is 46.2 Å². The van der Waals surface area contributed by atoms with Gasteiger partial charge in [-0.25, -0.2) is 0 Å². The number of nitrogens with zero attached hydrogens (tertiary/aromatic N) is 3. The molecule has 3 heterocycles. The third kappa shape index (κ3) is 2.97. The SMILES string of the molecule is CCCSc1nnc2c(n1)OC(c1ccsc1)Nc1ccccc1-2. The first-order valence-electron chi connectivity index (χ1n) is 7.77. The Morgan fingerprint density at radius 1 is 1.25 bits per heavy atom. The Morgan fingerprint density at radius 2 is 2.17 bits per heavy atom. The molecular weight excluding hydrogens is 340 g/mol. The summed E-state index contributed by atoms with van der Waals surface area (Å²) in [5.74, 6) is 1.49. The van der Waals surface area contributed by atoms with Gasteiger partial charge in [0.15, 0.2) is 11.9 Å². The molecule has 0 fully saturated rings. The molecule has 2 aromatic heterocycles. The zero-order valence-electron chi connectivity index (χ0n) is 13.1. The van der Waals surface area contributed by atoms with Crippen LogP contribution < -0.4 is 10.1 Å². The van der Waals surface area contributed by atoms with Crippen molar-refractivity contribution in [3.05, 3.63) is 46.7 Å². The standard InChI is InChI=1S/C17H16N4OS2/c1-2-8-24-17-19-16-14(20-21-17)12-5-3-4-6-13(12)18-15(22-16)11-7-9-23-10-11/h3-7,9-10,15,18H,2,8H2,1H3. The highest BCUT2D eigenvalue weighted by Gasteiger charge is 2.26. The van der Waals surface area contributed by atoms with Crippen LogP contribution in [0.25, 0.3) is 11.3 Å². The monoisotopic (exact) mass is 356 g/mol. The zero-order valence-corrected chi connectivity index (χ0v) is 14.7. The number of ether oxygens (including phenoxy) is 1. The van der Waals surface area contributed by atoms with E-state index in [-0.39, 0.29) is 6.23 Å². The molecule has 1 atom stereocenters. The van der Waals surface area contributed by atoms with Crippen molar-refractivity contribution in [3.63, 3.8) is 0 Å². The van der Waals surface area contributed by atoms with Crippen molar-refractivity contribution in [2.75, 3.05) is 11.1 Å². The van der Waals surface area contributed by atoms with Crippen molar-refractivity contribution in [2.45, 2.75) is 24.7 Å². The number of rotatable bonds is 4. The summed E-state index contributed by atoms with van der Waals surface area (Å²) in [7, 11) is 0. The van der Waals surface area contributed by atoms with E-state index >= 15 is 0 Å². The van der Waals surface area contributed by atoms with Crippen molar-refractivity contribution in [3.8, 4) is 17.1 Å². The van der Waals surface area contributed by atoms with Gasteiger partial charge in [-0.1, -0.05) is 36.9 Å². The second-order valence-corrected chi connectivity index (χ2v) is 7.18. The quantitative estimate of drug-likeness (QED) is 0.689. The van der Waals surface area contributed by atoms with Gasteiger partial charge in [-0.3, -0.25) is 0 Å². The van der Waals surface area contributed by atoms with E-state index in [4.69, 9.17) is 4.74 Å².